The lowest BCUT2D eigenvalue weighted by molar-refractivity contribution is -0.126. The van der Waals surface area contributed by atoms with E-state index in [-0.39, 0.29) is 29.9 Å². The lowest BCUT2D eigenvalue weighted by atomic mass is 9.96. The first kappa shape index (κ1) is 24.5. The number of piperidine rings is 1. The van der Waals surface area contributed by atoms with Gasteiger partial charge >= 0.3 is 0 Å². The van der Waals surface area contributed by atoms with Crippen molar-refractivity contribution in [1.29, 1.82) is 0 Å². The Morgan fingerprint density at radius 1 is 1.03 bits per heavy atom. The topological polar surface area (TPSA) is 73.9 Å². The molecule has 3 rings (SSSR count). The van der Waals surface area contributed by atoms with E-state index >= 15 is 0 Å². The Kier molecular flexibility index (Phi) is 9.36. The third-order valence-electron chi connectivity index (χ3n) is 6.34. The van der Waals surface area contributed by atoms with Crippen molar-refractivity contribution in [1.82, 2.24) is 10.2 Å². The van der Waals surface area contributed by atoms with E-state index in [1.165, 1.54) is 0 Å². The Morgan fingerprint density at radius 3 is 2.31 bits per heavy atom. The predicted molar refractivity (Wildman–Crippen MR) is 129 cm³/mol. The number of benzene rings is 1. The van der Waals surface area contributed by atoms with Gasteiger partial charge in [0, 0.05) is 36.9 Å². The Labute approximate surface area is 192 Å². The summed E-state index contributed by atoms with van der Waals surface area (Å²) in [6, 6.07) is 8.05. The van der Waals surface area contributed by atoms with E-state index in [0.29, 0.717) is 6.54 Å². The van der Waals surface area contributed by atoms with E-state index in [1.54, 1.807) is 0 Å². The molecule has 2 aliphatic rings. The first-order valence-corrected chi connectivity index (χ1v) is 12.2. The highest BCUT2D eigenvalue weighted by Crippen LogP contribution is 2.22. The first-order chi connectivity index (χ1) is 15.4. The summed E-state index contributed by atoms with van der Waals surface area (Å²) in [7, 11) is 0. The van der Waals surface area contributed by atoms with E-state index in [1.807, 2.05) is 12.1 Å². The number of rotatable bonds is 9. The van der Waals surface area contributed by atoms with Gasteiger partial charge in [-0.2, -0.15) is 0 Å². The molecule has 2 N–H and O–H groups in total. The second-order valence-corrected chi connectivity index (χ2v) is 9.31. The van der Waals surface area contributed by atoms with E-state index in [0.717, 1.165) is 76.2 Å². The van der Waals surface area contributed by atoms with Crippen molar-refractivity contribution >= 4 is 23.2 Å². The van der Waals surface area contributed by atoms with Crippen LogP contribution in [0, 0.1) is 5.92 Å². The van der Waals surface area contributed by atoms with Gasteiger partial charge in [-0.15, -0.1) is 0 Å². The van der Waals surface area contributed by atoms with Crippen LogP contribution in [0.5, 0.6) is 0 Å². The monoisotopic (exact) mass is 444 g/mol. The Morgan fingerprint density at radius 2 is 1.69 bits per heavy atom. The number of hydrogen-bond acceptors (Lipinski definition) is 5. The SMILES string of the molecule is CCCCCNC(=O)C1CCN(CC(=O)Nc2ccc(N3CC(C)OC(C)C3)cc2)CC1. The molecule has 0 radical (unpaired) electrons. The number of carbonyl (C=O) groups excluding carboxylic acids is 2. The zero-order chi connectivity index (χ0) is 22.9. The highest BCUT2D eigenvalue weighted by Gasteiger charge is 2.26. The molecule has 2 saturated heterocycles. The molecule has 2 heterocycles. The van der Waals surface area contributed by atoms with Crippen LogP contribution in [-0.4, -0.2) is 68.2 Å². The van der Waals surface area contributed by atoms with Gasteiger partial charge in [0.25, 0.3) is 0 Å². The molecule has 1 aromatic rings. The zero-order valence-electron chi connectivity index (χ0n) is 19.9. The summed E-state index contributed by atoms with van der Waals surface area (Å²) in [5, 5.41) is 6.07. The number of ether oxygens (including phenoxy) is 1. The highest BCUT2D eigenvalue weighted by atomic mass is 16.5. The van der Waals surface area contributed by atoms with Gasteiger partial charge in [0.2, 0.25) is 11.8 Å². The average Bonchev–Trinajstić information content (AvgIpc) is 2.77. The van der Waals surface area contributed by atoms with Gasteiger partial charge in [-0.3, -0.25) is 14.5 Å². The van der Waals surface area contributed by atoms with Gasteiger partial charge < -0.3 is 20.3 Å². The van der Waals surface area contributed by atoms with Crippen LogP contribution in [0.3, 0.4) is 0 Å². The molecule has 0 aromatic heterocycles. The molecular formula is C25H40N4O3. The van der Waals surface area contributed by atoms with E-state index in [4.69, 9.17) is 4.74 Å². The molecule has 7 nitrogen and oxygen atoms in total. The third kappa shape index (κ3) is 7.48. The minimum absolute atomic E-state index is 0.00571. The van der Waals surface area contributed by atoms with E-state index in [9.17, 15) is 9.59 Å². The van der Waals surface area contributed by atoms with Crippen LogP contribution in [0.25, 0.3) is 0 Å². The number of anilines is 2. The largest absolute Gasteiger partial charge is 0.372 e. The summed E-state index contributed by atoms with van der Waals surface area (Å²) >= 11 is 0. The molecule has 2 fully saturated rings. The van der Waals surface area contributed by atoms with Crippen LogP contribution in [-0.2, 0) is 14.3 Å². The van der Waals surface area contributed by atoms with Gasteiger partial charge in [-0.05, 0) is 70.5 Å². The Balaban J connectivity index is 1.38. The summed E-state index contributed by atoms with van der Waals surface area (Å²) in [5.74, 6) is 0.247. The average molecular weight is 445 g/mol. The second kappa shape index (κ2) is 12.2. The summed E-state index contributed by atoms with van der Waals surface area (Å²) in [6.07, 6.45) is 5.43. The fourth-order valence-electron chi connectivity index (χ4n) is 4.63. The van der Waals surface area contributed by atoms with Gasteiger partial charge in [-0.1, -0.05) is 19.8 Å². The van der Waals surface area contributed by atoms with E-state index in [2.05, 4.69) is 53.3 Å². The predicted octanol–water partition coefficient (Wildman–Crippen LogP) is 3.26. The highest BCUT2D eigenvalue weighted by molar-refractivity contribution is 5.92. The summed E-state index contributed by atoms with van der Waals surface area (Å²) in [5.41, 5.74) is 1.97. The molecule has 2 atom stereocenters. The van der Waals surface area contributed by atoms with Gasteiger partial charge in [-0.25, -0.2) is 0 Å². The van der Waals surface area contributed by atoms with Crippen LogP contribution in [0.1, 0.15) is 52.9 Å². The molecule has 1 aromatic carbocycles. The van der Waals surface area contributed by atoms with Crippen LogP contribution in [0.4, 0.5) is 11.4 Å². The quantitative estimate of drug-likeness (QED) is 0.572. The summed E-state index contributed by atoms with van der Waals surface area (Å²) < 4.78 is 5.81. The molecule has 0 aliphatic carbocycles. The van der Waals surface area contributed by atoms with Crippen molar-refractivity contribution in [3.05, 3.63) is 24.3 Å². The number of hydrogen-bond donors (Lipinski definition) is 2. The summed E-state index contributed by atoms with van der Waals surface area (Å²) in [4.78, 5) is 29.3. The fourth-order valence-corrected chi connectivity index (χ4v) is 4.63. The van der Waals surface area contributed by atoms with Crippen LogP contribution in [0.15, 0.2) is 24.3 Å². The molecule has 0 saturated carbocycles. The minimum atomic E-state index is -0.00571. The molecule has 0 spiro atoms. The fraction of sp³-hybridized carbons (Fsp3) is 0.680. The smallest absolute Gasteiger partial charge is 0.238 e. The van der Waals surface area contributed by atoms with Gasteiger partial charge in [0.05, 0.1) is 18.8 Å². The molecule has 0 bridgehead atoms. The maximum Gasteiger partial charge on any atom is 0.238 e. The van der Waals surface area contributed by atoms with Crippen molar-refractivity contribution in [3.8, 4) is 0 Å². The van der Waals surface area contributed by atoms with Crippen LogP contribution >= 0.6 is 0 Å². The second-order valence-electron chi connectivity index (χ2n) is 9.31. The standard InChI is InChI=1S/C25H40N4O3/c1-4-5-6-13-26-25(31)21-11-14-28(15-12-21)18-24(30)27-22-7-9-23(10-8-22)29-16-19(2)32-20(3)17-29/h7-10,19-21H,4-6,11-18H2,1-3H3,(H,26,31)(H,27,30). The van der Waals surface area contributed by atoms with Crippen molar-refractivity contribution in [2.45, 2.75) is 65.1 Å². The number of carbonyl (C=O) groups is 2. The van der Waals surface area contributed by atoms with E-state index < -0.39 is 0 Å². The molecule has 2 amide bonds. The van der Waals surface area contributed by atoms with Gasteiger partial charge in [0.15, 0.2) is 0 Å². The minimum Gasteiger partial charge on any atom is -0.372 e. The number of likely N-dealkylation sites (tertiary alicyclic amines) is 1. The summed E-state index contributed by atoms with van der Waals surface area (Å²) in [6.45, 7) is 10.8. The molecular weight excluding hydrogens is 404 g/mol. The molecule has 2 aliphatic heterocycles. The molecule has 32 heavy (non-hydrogen) atoms. The van der Waals surface area contributed by atoms with Crippen LogP contribution < -0.4 is 15.5 Å². The van der Waals surface area contributed by atoms with Crippen molar-refractivity contribution in [2.24, 2.45) is 5.92 Å². The van der Waals surface area contributed by atoms with Crippen LogP contribution in [0.2, 0.25) is 0 Å². The van der Waals surface area contributed by atoms with Crippen molar-refractivity contribution in [2.75, 3.05) is 49.5 Å². The maximum atomic E-state index is 12.5. The normalized spacial score (nSPS) is 22.5. The molecule has 7 heteroatoms. The zero-order valence-corrected chi connectivity index (χ0v) is 19.9. The van der Waals surface area contributed by atoms with Gasteiger partial charge in [0.1, 0.15) is 0 Å². The lowest BCUT2D eigenvalue weighted by Crippen LogP contribution is -2.45. The first-order valence-electron chi connectivity index (χ1n) is 12.2. The number of nitrogens with one attached hydrogen (secondary N) is 2. The lowest BCUT2D eigenvalue weighted by Gasteiger charge is -2.36. The number of amides is 2. The molecule has 2 unspecified atom stereocenters. The number of nitrogens with zero attached hydrogens (tertiary/aromatic N) is 2. The maximum absolute atomic E-state index is 12.5. The Hall–Kier alpha value is -2.12. The Bertz CT molecular complexity index is 721. The third-order valence-corrected chi connectivity index (χ3v) is 6.34. The number of morpholine rings is 1. The number of unbranched alkanes of at least 4 members (excludes halogenated alkanes) is 2. The molecule has 178 valence electrons. The van der Waals surface area contributed by atoms with Crippen molar-refractivity contribution < 1.29 is 14.3 Å². The van der Waals surface area contributed by atoms with Crippen molar-refractivity contribution in [3.63, 3.8) is 0 Å².